The average molecular weight is 268 g/mol. The van der Waals surface area contributed by atoms with Crippen LogP contribution in [0.15, 0.2) is 0 Å². The molecule has 1 aliphatic heterocycles. The number of alkyl halides is 1. The molecular weight excluding hydrogens is 251 g/mol. The van der Waals surface area contributed by atoms with Gasteiger partial charge in [-0.2, -0.15) is 0 Å². The van der Waals surface area contributed by atoms with Gasteiger partial charge in [0.1, 0.15) is 18.9 Å². The minimum atomic E-state index is -2.66. The molecule has 0 aromatic rings. The maximum atomic E-state index is 12.3. The summed E-state index contributed by atoms with van der Waals surface area (Å²) in [6, 6.07) is 0. The Hall–Kier alpha value is -0.800. The van der Waals surface area contributed by atoms with E-state index in [1.165, 1.54) is 6.92 Å². The first-order chi connectivity index (χ1) is 8.23. The fourth-order valence-electron chi connectivity index (χ4n) is 1.90. The number of aliphatic hydroxyl groups excluding tert-OH is 3. The lowest BCUT2D eigenvalue weighted by molar-refractivity contribution is -0.301. The molecule has 0 aromatic carbocycles. The van der Waals surface area contributed by atoms with E-state index < -0.39 is 55.2 Å². The molecule has 0 spiro atoms. The van der Waals surface area contributed by atoms with E-state index in [-0.39, 0.29) is 0 Å². The van der Waals surface area contributed by atoms with Crippen LogP contribution in [0.1, 0.15) is 13.3 Å². The summed E-state index contributed by atoms with van der Waals surface area (Å²) in [5, 5.41) is 46.9. The van der Waals surface area contributed by atoms with E-state index in [1.807, 2.05) is 0 Å². The highest BCUT2D eigenvalue weighted by Gasteiger charge is 2.52. The second-order valence-corrected chi connectivity index (χ2v) is 4.51. The summed E-state index contributed by atoms with van der Waals surface area (Å²) in [5.41, 5.74) is 0. The van der Waals surface area contributed by atoms with Crippen molar-refractivity contribution in [1.29, 1.82) is 0 Å². The van der Waals surface area contributed by atoms with E-state index in [9.17, 15) is 29.6 Å². The van der Waals surface area contributed by atoms with Crippen LogP contribution in [0.25, 0.3) is 0 Å². The number of carbonyl (C=O) groups is 1. The van der Waals surface area contributed by atoms with Crippen LogP contribution in [0.5, 0.6) is 0 Å². The summed E-state index contributed by atoms with van der Waals surface area (Å²) in [7, 11) is 0. The average Bonchev–Trinajstić information content (AvgIpc) is 2.31. The zero-order valence-corrected chi connectivity index (χ0v) is 9.73. The number of hydrogen-bond acceptors (Lipinski definition) is 6. The van der Waals surface area contributed by atoms with Crippen molar-refractivity contribution in [1.82, 2.24) is 0 Å². The lowest BCUT2D eigenvalue weighted by Crippen LogP contribution is -2.60. The SMILES string of the molecule is C[C@H]1C([C@H](O)[C@@H](O)CF)OC(O)(C(=O)O)C[C@@H]1O. The summed E-state index contributed by atoms with van der Waals surface area (Å²) in [5.74, 6) is -5.14. The largest absolute Gasteiger partial charge is 0.477 e. The van der Waals surface area contributed by atoms with Crippen LogP contribution in [0.4, 0.5) is 4.39 Å². The van der Waals surface area contributed by atoms with Gasteiger partial charge in [-0.05, 0) is 0 Å². The molecule has 18 heavy (non-hydrogen) atoms. The Labute approximate surface area is 102 Å². The number of hydrogen-bond donors (Lipinski definition) is 5. The van der Waals surface area contributed by atoms with Crippen molar-refractivity contribution >= 4 is 5.97 Å². The number of aliphatic carboxylic acids is 1. The Kier molecular flexibility index (Phi) is 4.62. The van der Waals surface area contributed by atoms with E-state index in [0.717, 1.165) is 0 Å². The van der Waals surface area contributed by atoms with Gasteiger partial charge in [-0.15, -0.1) is 0 Å². The fourth-order valence-corrected chi connectivity index (χ4v) is 1.90. The van der Waals surface area contributed by atoms with Crippen molar-refractivity contribution in [3.05, 3.63) is 0 Å². The maximum Gasteiger partial charge on any atom is 0.364 e. The van der Waals surface area contributed by atoms with Crippen LogP contribution in [0, 0.1) is 5.92 Å². The molecule has 0 radical (unpaired) electrons. The van der Waals surface area contributed by atoms with Crippen molar-refractivity contribution in [3.63, 3.8) is 0 Å². The van der Waals surface area contributed by atoms with Gasteiger partial charge >= 0.3 is 5.97 Å². The van der Waals surface area contributed by atoms with Crippen LogP contribution in [-0.4, -0.2) is 68.4 Å². The quantitative estimate of drug-likeness (QED) is 0.408. The standard InChI is InChI=1S/C10H17FO7/c1-4-5(12)2-10(17,9(15)16)18-8(4)7(14)6(13)3-11/h4-8,12-14,17H,2-3H2,1H3,(H,15,16)/t4-,5+,6+,7-,8?,10?/m1/s1. The first kappa shape index (κ1) is 15.3. The lowest BCUT2D eigenvalue weighted by Gasteiger charge is -2.43. The Morgan fingerprint density at radius 1 is 1.56 bits per heavy atom. The van der Waals surface area contributed by atoms with Crippen LogP contribution in [0.3, 0.4) is 0 Å². The summed E-state index contributed by atoms with van der Waals surface area (Å²) >= 11 is 0. The van der Waals surface area contributed by atoms with Gasteiger partial charge in [0.05, 0.1) is 12.2 Å². The second kappa shape index (κ2) is 5.45. The van der Waals surface area contributed by atoms with Crippen LogP contribution in [-0.2, 0) is 9.53 Å². The van der Waals surface area contributed by atoms with Crippen molar-refractivity contribution < 1.29 is 39.5 Å². The Morgan fingerprint density at radius 3 is 2.56 bits per heavy atom. The molecule has 0 aromatic heterocycles. The van der Waals surface area contributed by atoms with Crippen LogP contribution >= 0.6 is 0 Å². The predicted octanol–water partition coefficient (Wildman–Crippen LogP) is -1.76. The first-order valence-electron chi connectivity index (χ1n) is 5.46. The van der Waals surface area contributed by atoms with Crippen molar-refractivity contribution in [2.45, 2.75) is 43.5 Å². The molecule has 0 amide bonds. The number of carboxylic acid groups (broad SMARTS) is 1. The van der Waals surface area contributed by atoms with Gasteiger partial charge in [-0.25, -0.2) is 9.18 Å². The molecule has 0 bridgehead atoms. The topological polar surface area (TPSA) is 127 Å². The van der Waals surface area contributed by atoms with Crippen molar-refractivity contribution in [2.24, 2.45) is 5.92 Å². The van der Waals surface area contributed by atoms with E-state index in [0.29, 0.717) is 0 Å². The number of aliphatic hydroxyl groups is 4. The third-order valence-corrected chi connectivity index (χ3v) is 3.17. The van der Waals surface area contributed by atoms with Crippen molar-refractivity contribution in [2.75, 3.05) is 6.67 Å². The van der Waals surface area contributed by atoms with Gasteiger partial charge < -0.3 is 30.3 Å². The number of halogens is 1. The summed E-state index contributed by atoms with van der Waals surface area (Å²) in [6.07, 6.45) is -6.74. The molecule has 1 rings (SSSR count). The fraction of sp³-hybridized carbons (Fsp3) is 0.900. The predicted molar refractivity (Wildman–Crippen MR) is 55.2 cm³/mol. The second-order valence-electron chi connectivity index (χ2n) is 4.51. The normalized spacial score (nSPS) is 40.2. The third-order valence-electron chi connectivity index (χ3n) is 3.17. The molecule has 2 unspecified atom stereocenters. The highest BCUT2D eigenvalue weighted by atomic mass is 19.1. The summed E-state index contributed by atoms with van der Waals surface area (Å²) in [4.78, 5) is 10.8. The third kappa shape index (κ3) is 2.78. The van der Waals surface area contributed by atoms with E-state index >= 15 is 0 Å². The molecule has 1 fully saturated rings. The Bertz CT molecular complexity index is 313. The van der Waals surface area contributed by atoms with Crippen LogP contribution in [0.2, 0.25) is 0 Å². The molecule has 1 heterocycles. The highest BCUT2D eigenvalue weighted by molar-refractivity contribution is 5.75. The van der Waals surface area contributed by atoms with Gasteiger partial charge in [-0.3, -0.25) is 0 Å². The van der Waals surface area contributed by atoms with E-state index in [1.54, 1.807) is 0 Å². The molecule has 6 atom stereocenters. The summed E-state index contributed by atoms with van der Waals surface area (Å²) in [6.45, 7) is 0.181. The summed E-state index contributed by atoms with van der Waals surface area (Å²) < 4.78 is 17.1. The Balaban J connectivity index is 2.92. The lowest BCUT2D eigenvalue weighted by atomic mass is 9.85. The monoisotopic (exact) mass is 268 g/mol. The molecule has 0 aliphatic carbocycles. The number of rotatable bonds is 4. The number of carboxylic acids is 1. The van der Waals surface area contributed by atoms with E-state index in [2.05, 4.69) is 0 Å². The maximum absolute atomic E-state index is 12.3. The molecule has 5 N–H and O–H groups in total. The smallest absolute Gasteiger partial charge is 0.364 e. The zero-order chi connectivity index (χ0) is 14.1. The van der Waals surface area contributed by atoms with E-state index in [4.69, 9.17) is 9.84 Å². The van der Waals surface area contributed by atoms with Crippen LogP contribution < -0.4 is 0 Å². The van der Waals surface area contributed by atoms with Gasteiger partial charge in [0.2, 0.25) is 0 Å². The molecular formula is C10H17FO7. The Morgan fingerprint density at radius 2 is 2.11 bits per heavy atom. The van der Waals surface area contributed by atoms with Gasteiger partial charge in [0, 0.05) is 12.3 Å². The highest BCUT2D eigenvalue weighted by Crippen LogP contribution is 2.33. The van der Waals surface area contributed by atoms with Crippen molar-refractivity contribution in [3.8, 4) is 0 Å². The minimum Gasteiger partial charge on any atom is -0.477 e. The minimum absolute atomic E-state index is 0.571. The number of ether oxygens (including phenoxy) is 1. The first-order valence-corrected chi connectivity index (χ1v) is 5.46. The van der Waals surface area contributed by atoms with Gasteiger partial charge in [-0.1, -0.05) is 6.92 Å². The van der Waals surface area contributed by atoms with Gasteiger partial charge in [0.25, 0.3) is 5.79 Å². The molecule has 1 aliphatic rings. The molecule has 7 nitrogen and oxygen atoms in total. The molecule has 106 valence electrons. The molecule has 0 saturated carbocycles. The molecule has 8 heteroatoms. The molecule has 1 saturated heterocycles. The zero-order valence-electron chi connectivity index (χ0n) is 9.73. The van der Waals surface area contributed by atoms with Gasteiger partial charge in [0.15, 0.2) is 0 Å².